The topological polar surface area (TPSA) is 29.5 Å². The molecular weight excluding hydrogens is 132 g/mol. The predicted octanol–water partition coefficient (Wildman–Crippen LogP) is -0.647. The van der Waals surface area contributed by atoms with Gasteiger partial charge >= 0.3 is 1.43 Å². The standard InChI is InChI=1S/C6H14O2Si/c7-5-6(9)3-1-2-4-8-6/h7H,1-5H2,9H3/p+1. The summed E-state index contributed by atoms with van der Waals surface area (Å²) in [5.41, 5.74) is 0. The second-order valence-electron chi connectivity index (χ2n) is 2.91. The van der Waals surface area contributed by atoms with Crippen molar-refractivity contribution in [3.63, 3.8) is 0 Å². The van der Waals surface area contributed by atoms with E-state index < -0.39 is 0 Å². The maximum atomic E-state index is 8.86. The third-order valence-corrected chi connectivity index (χ3v) is 2.99. The van der Waals surface area contributed by atoms with Crippen LogP contribution in [0.15, 0.2) is 0 Å². The maximum absolute atomic E-state index is 8.86. The molecule has 1 unspecified atom stereocenters. The molecule has 0 spiro atoms. The molecule has 1 heterocycles. The number of aliphatic hydroxyl groups is 1. The Hall–Kier alpha value is 0.137. The molecule has 0 amide bonds. The quantitative estimate of drug-likeness (QED) is 0.500. The molecule has 1 saturated heterocycles. The van der Waals surface area contributed by atoms with Crippen molar-refractivity contribution in [2.45, 2.75) is 24.5 Å². The van der Waals surface area contributed by atoms with E-state index in [4.69, 9.17) is 9.84 Å². The number of aliphatic hydroxyl groups excluding tert-OH is 1. The van der Waals surface area contributed by atoms with Gasteiger partial charge in [0.25, 0.3) is 0 Å². The summed E-state index contributed by atoms with van der Waals surface area (Å²) in [5, 5.41) is 8.77. The van der Waals surface area contributed by atoms with Gasteiger partial charge in [-0.2, -0.15) is 0 Å². The van der Waals surface area contributed by atoms with Crippen molar-refractivity contribution in [1.82, 2.24) is 0 Å². The molecule has 1 aliphatic rings. The van der Waals surface area contributed by atoms with Crippen LogP contribution in [-0.2, 0) is 4.74 Å². The molecule has 0 aromatic carbocycles. The maximum Gasteiger partial charge on any atom is 1.00 e. The fraction of sp³-hybridized carbons (Fsp3) is 1.00. The van der Waals surface area contributed by atoms with Gasteiger partial charge < -0.3 is 9.84 Å². The Balaban J connectivity index is 0.000000810. The van der Waals surface area contributed by atoms with Crippen LogP contribution in [0.3, 0.4) is 0 Å². The molecule has 0 saturated carbocycles. The zero-order valence-corrected chi connectivity index (χ0v) is 7.89. The largest absolute Gasteiger partial charge is 1.00 e. The van der Waals surface area contributed by atoms with Gasteiger partial charge in [0.05, 0.1) is 11.8 Å². The van der Waals surface area contributed by atoms with Gasteiger partial charge in [0, 0.05) is 16.8 Å². The van der Waals surface area contributed by atoms with Crippen LogP contribution in [0.1, 0.15) is 20.7 Å². The van der Waals surface area contributed by atoms with Gasteiger partial charge in [-0.3, -0.25) is 0 Å². The van der Waals surface area contributed by atoms with E-state index in [0.29, 0.717) is 0 Å². The highest BCUT2D eigenvalue weighted by Gasteiger charge is 2.25. The van der Waals surface area contributed by atoms with Crippen molar-refractivity contribution < 1.29 is 11.3 Å². The summed E-state index contributed by atoms with van der Waals surface area (Å²) < 4.78 is 5.43. The first kappa shape index (κ1) is 7.25. The molecule has 0 bridgehead atoms. The highest BCUT2D eigenvalue weighted by Crippen LogP contribution is 2.20. The molecule has 54 valence electrons. The SMILES string of the molecule is OCC1([SiH3])CCCCO1.[H+]. The van der Waals surface area contributed by atoms with E-state index >= 15 is 0 Å². The van der Waals surface area contributed by atoms with Gasteiger partial charge in [-0.1, -0.05) is 0 Å². The number of hydrogen-bond acceptors (Lipinski definition) is 2. The van der Waals surface area contributed by atoms with Gasteiger partial charge in [0.2, 0.25) is 0 Å². The molecule has 1 atom stereocenters. The minimum Gasteiger partial charge on any atom is -0.394 e. The number of ether oxygens (including phenoxy) is 1. The van der Waals surface area contributed by atoms with Crippen LogP contribution in [0.2, 0.25) is 0 Å². The molecule has 0 radical (unpaired) electrons. The fourth-order valence-electron chi connectivity index (χ4n) is 1.12. The van der Waals surface area contributed by atoms with Crippen LogP contribution in [0.25, 0.3) is 0 Å². The molecule has 1 rings (SSSR count). The molecule has 9 heavy (non-hydrogen) atoms. The van der Waals surface area contributed by atoms with Crippen LogP contribution < -0.4 is 0 Å². The van der Waals surface area contributed by atoms with Gasteiger partial charge in [-0.15, -0.1) is 0 Å². The van der Waals surface area contributed by atoms with E-state index in [2.05, 4.69) is 0 Å². The van der Waals surface area contributed by atoms with Crippen molar-refractivity contribution in [2.24, 2.45) is 0 Å². The molecule has 1 aliphatic heterocycles. The zero-order valence-electron chi connectivity index (χ0n) is 6.89. The molecule has 1 fully saturated rings. The van der Waals surface area contributed by atoms with E-state index in [1.165, 1.54) is 12.8 Å². The summed E-state index contributed by atoms with van der Waals surface area (Å²) in [5.74, 6) is 0. The Kier molecular flexibility index (Phi) is 2.27. The lowest BCUT2D eigenvalue weighted by Gasteiger charge is -2.31. The lowest BCUT2D eigenvalue weighted by Crippen LogP contribution is -2.40. The second-order valence-corrected chi connectivity index (χ2v) is 4.74. The molecule has 0 aromatic heterocycles. The molecule has 2 nitrogen and oxygen atoms in total. The van der Waals surface area contributed by atoms with E-state index in [-0.39, 0.29) is 13.3 Å². The summed E-state index contributed by atoms with van der Waals surface area (Å²) in [6.45, 7) is 1.07. The lowest BCUT2D eigenvalue weighted by molar-refractivity contribution is -0.0495. The lowest BCUT2D eigenvalue weighted by atomic mass is 10.1. The van der Waals surface area contributed by atoms with Crippen molar-refractivity contribution in [3.8, 4) is 0 Å². The van der Waals surface area contributed by atoms with Crippen molar-refractivity contribution >= 4 is 10.2 Å². The minimum absolute atomic E-state index is 0. The third kappa shape index (κ3) is 1.78. The summed E-state index contributed by atoms with van der Waals surface area (Å²) in [4.78, 5) is 0. The molecular formula is C6H15O2Si+. The number of rotatable bonds is 1. The van der Waals surface area contributed by atoms with Crippen molar-refractivity contribution in [1.29, 1.82) is 0 Å². The Labute approximate surface area is 60.1 Å². The summed E-state index contributed by atoms with van der Waals surface area (Å²) >= 11 is 0. The molecule has 3 heteroatoms. The van der Waals surface area contributed by atoms with Gasteiger partial charge in [-0.05, 0) is 19.3 Å². The first-order valence-corrected chi connectivity index (χ1v) is 4.52. The Morgan fingerprint density at radius 1 is 1.67 bits per heavy atom. The van der Waals surface area contributed by atoms with Crippen LogP contribution in [-0.4, -0.2) is 33.8 Å². The molecule has 1 N–H and O–H groups in total. The molecule has 0 aliphatic carbocycles. The zero-order chi connectivity index (χ0) is 6.74. The predicted molar refractivity (Wildman–Crippen MR) is 40.7 cm³/mol. The summed E-state index contributed by atoms with van der Waals surface area (Å²) in [7, 11) is 0.958. The van der Waals surface area contributed by atoms with E-state index in [0.717, 1.165) is 23.3 Å². The first-order valence-electron chi connectivity index (χ1n) is 3.52. The normalized spacial score (nSPS) is 37.0. The van der Waals surface area contributed by atoms with Crippen LogP contribution in [0.4, 0.5) is 0 Å². The average Bonchev–Trinajstić information content (AvgIpc) is 1.90. The van der Waals surface area contributed by atoms with Gasteiger partial charge in [0.1, 0.15) is 0 Å². The van der Waals surface area contributed by atoms with E-state index in [1.54, 1.807) is 0 Å². The number of hydrogen-bond donors (Lipinski definition) is 1. The van der Waals surface area contributed by atoms with Crippen LogP contribution in [0.5, 0.6) is 0 Å². The van der Waals surface area contributed by atoms with E-state index in [9.17, 15) is 0 Å². The average molecular weight is 147 g/mol. The fourth-order valence-corrected chi connectivity index (χ4v) is 1.67. The minimum atomic E-state index is -0.0851. The smallest absolute Gasteiger partial charge is 0.394 e. The summed E-state index contributed by atoms with van der Waals surface area (Å²) in [6, 6.07) is 0. The van der Waals surface area contributed by atoms with Crippen LogP contribution >= 0.6 is 0 Å². The highest BCUT2D eigenvalue weighted by molar-refractivity contribution is 6.14. The van der Waals surface area contributed by atoms with Gasteiger partial charge in [0.15, 0.2) is 0 Å². The van der Waals surface area contributed by atoms with E-state index in [1.807, 2.05) is 0 Å². The monoisotopic (exact) mass is 147 g/mol. The Morgan fingerprint density at radius 2 is 2.44 bits per heavy atom. The Morgan fingerprint density at radius 3 is 2.78 bits per heavy atom. The second kappa shape index (κ2) is 2.81. The highest BCUT2D eigenvalue weighted by atomic mass is 28.1. The summed E-state index contributed by atoms with van der Waals surface area (Å²) in [6.07, 6.45) is 3.46. The van der Waals surface area contributed by atoms with Crippen molar-refractivity contribution in [2.75, 3.05) is 13.2 Å². The van der Waals surface area contributed by atoms with Gasteiger partial charge in [-0.25, -0.2) is 0 Å². The third-order valence-electron chi connectivity index (χ3n) is 1.88. The molecule has 0 aromatic rings. The van der Waals surface area contributed by atoms with Crippen molar-refractivity contribution in [3.05, 3.63) is 0 Å². The van der Waals surface area contributed by atoms with Crippen LogP contribution in [0, 0.1) is 0 Å². The first-order chi connectivity index (χ1) is 4.27. The Bertz CT molecular complexity index is 93.7.